The van der Waals surface area contributed by atoms with Crippen molar-refractivity contribution in [3.8, 4) is 11.1 Å². The van der Waals surface area contributed by atoms with Crippen molar-refractivity contribution in [2.24, 2.45) is 0 Å². The Bertz CT molecular complexity index is 1110. The fourth-order valence-electron chi connectivity index (χ4n) is 3.58. The molecule has 1 N–H and O–H groups in total. The lowest BCUT2D eigenvalue weighted by molar-refractivity contribution is -0.384. The molecule has 3 aromatic rings. The second-order valence-electron chi connectivity index (χ2n) is 6.86. The number of non-ortho nitro benzene ring substituents is 1. The predicted molar refractivity (Wildman–Crippen MR) is 106 cm³/mol. The van der Waals surface area contributed by atoms with Gasteiger partial charge in [-0.2, -0.15) is 0 Å². The third-order valence-corrected chi connectivity index (χ3v) is 5.85. The molecule has 8 nitrogen and oxygen atoms in total. The molecule has 0 aliphatic heterocycles. The average molecular weight is 398 g/mol. The lowest BCUT2D eigenvalue weighted by atomic mass is 10.1. The Balaban J connectivity index is 1.68. The second kappa shape index (κ2) is 7.51. The predicted octanol–water partition coefficient (Wildman–Crippen LogP) is 3.09. The first-order chi connectivity index (χ1) is 13.5. The first-order valence-electron chi connectivity index (χ1n) is 9.04. The van der Waals surface area contributed by atoms with Crippen LogP contribution in [0.25, 0.3) is 21.3 Å². The zero-order valence-corrected chi connectivity index (χ0v) is 15.8. The molecule has 1 aliphatic carbocycles. The summed E-state index contributed by atoms with van der Waals surface area (Å²) in [6.07, 6.45) is 5.55. The number of benzene rings is 1. The largest absolute Gasteiger partial charge is 0.352 e. The third kappa shape index (κ3) is 3.53. The van der Waals surface area contributed by atoms with Crippen molar-refractivity contribution in [3.05, 3.63) is 56.4 Å². The maximum atomic E-state index is 13.0. The Labute approximate surface area is 164 Å². The Morgan fingerprint density at radius 1 is 1.36 bits per heavy atom. The van der Waals surface area contributed by atoms with Crippen molar-refractivity contribution in [1.29, 1.82) is 0 Å². The monoisotopic (exact) mass is 398 g/mol. The highest BCUT2D eigenvalue weighted by Crippen LogP contribution is 2.32. The van der Waals surface area contributed by atoms with Gasteiger partial charge in [-0.15, -0.1) is 11.3 Å². The number of carbonyl (C=O) groups is 1. The molecule has 0 saturated heterocycles. The van der Waals surface area contributed by atoms with Crippen LogP contribution in [0.1, 0.15) is 25.7 Å². The van der Waals surface area contributed by atoms with Crippen molar-refractivity contribution in [2.75, 3.05) is 0 Å². The normalized spacial score (nSPS) is 14.4. The number of carbonyl (C=O) groups excluding carboxylic acids is 1. The number of hydrogen-bond acceptors (Lipinski definition) is 6. The van der Waals surface area contributed by atoms with Gasteiger partial charge in [-0.05, 0) is 18.4 Å². The molecule has 9 heteroatoms. The molecule has 0 radical (unpaired) electrons. The van der Waals surface area contributed by atoms with E-state index in [1.165, 1.54) is 34.4 Å². The van der Waals surface area contributed by atoms with Gasteiger partial charge in [-0.1, -0.05) is 25.0 Å². The molecule has 1 fully saturated rings. The lowest BCUT2D eigenvalue weighted by Crippen LogP contribution is -2.37. The van der Waals surface area contributed by atoms with Gasteiger partial charge < -0.3 is 5.32 Å². The average Bonchev–Trinajstić information content (AvgIpc) is 3.34. The van der Waals surface area contributed by atoms with Crippen LogP contribution in [0.3, 0.4) is 0 Å². The molecule has 4 rings (SSSR count). The van der Waals surface area contributed by atoms with Gasteiger partial charge in [0, 0.05) is 29.1 Å². The lowest BCUT2D eigenvalue weighted by Gasteiger charge is -2.12. The van der Waals surface area contributed by atoms with Gasteiger partial charge in [-0.25, -0.2) is 4.98 Å². The van der Waals surface area contributed by atoms with E-state index in [1.807, 2.05) is 0 Å². The Hall–Kier alpha value is -3.07. The summed E-state index contributed by atoms with van der Waals surface area (Å²) in [5.74, 6) is -0.206. The molecule has 1 aromatic carbocycles. The highest BCUT2D eigenvalue weighted by Gasteiger charge is 2.19. The maximum Gasteiger partial charge on any atom is 0.270 e. The van der Waals surface area contributed by atoms with E-state index in [9.17, 15) is 19.7 Å². The topological polar surface area (TPSA) is 107 Å². The summed E-state index contributed by atoms with van der Waals surface area (Å²) in [6.45, 7) is -0.0947. The molecule has 1 saturated carbocycles. The molecule has 0 bridgehead atoms. The number of amides is 1. The van der Waals surface area contributed by atoms with E-state index in [0.717, 1.165) is 25.7 Å². The van der Waals surface area contributed by atoms with Crippen LogP contribution in [0.5, 0.6) is 0 Å². The van der Waals surface area contributed by atoms with E-state index in [-0.39, 0.29) is 29.7 Å². The summed E-state index contributed by atoms with van der Waals surface area (Å²) >= 11 is 1.30. The molecule has 1 amide bonds. The fraction of sp³-hybridized carbons (Fsp3) is 0.316. The van der Waals surface area contributed by atoms with Gasteiger partial charge in [0.25, 0.3) is 11.2 Å². The van der Waals surface area contributed by atoms with E-state index < -0.39 is 4.92 Å². The number of rotatable bonds is 5. The van der Waals surface area contributed by atoms with E-state index >= 15 is 0 Å². The zero-order valence-electron chi connectivity index (χ0n) is 15.0. The summed E-state index contributed by atoms with van der Waals surface area (Å²) < 4.78 is 1.29. The highest BCUT2D eigenvalue weighted by atomic mass is 32.1. The van der Waals surface area contributed by atoms with Gasteiger partial charge >= 0.3 is 0 Å². The minimum absolute atomic E-state index is 0.0444. The first-order valence-corrected chi connectivity index (χ1v) is 9.92. The van der Waals surface area contributed by atoms with Crippen molar-refractivity contribution < 1.29 is 9.72 Å². The number of thiophene rings is 1. The van der Waals surface area contributed by atoms with Crippen LogP contribution in [0.2, 0.25) is 0 Å². The number of nitro benzene ring substituents is 1. The summed E-state index contributed by atoms with van der Waals surface area (Å²) in [4.78, 5) is 40.7. The van der Waals surface area contributed by atoms with Crippen molar-refractivity contribution in [2.45, 2.75) is 38.3 Å². The number of hydrogen-bond donors (Lipinski definition) is 1. The van der Waals surface area contributed by atoms with Crippen molar-refractivity contribution >= 4 is 33.1 Å². The summed E-state index contributed by atoms with van der Waals surface area (Å²) in [7, 11) is 0. The Morgan fingerprint density at radius 3 is 2.89 bits per heavy atom. The molecule has 0 atom stereocenters. The molecule has 2 heterocycles. The smallest absolute Gasteiger partial charge is 0.270 e. The van der Waals surface area contributed by atoms with Crippen molar-refractivity contribution in [1.82, 2.24) is 14.9 Å². The van der Waals surface area contributed by atoms with Gasteiger partial charge in [0.2, 0.25) is 5.91 Å². The van der Waals surface area contributed by atoms with Crippen LogP contribution < -0.4 is 10.9 Å². The Kier molecular flexibility index (Phi) is 4.91. The summed E-state index contributed by atoms with van der Waals surface area (Å²) in [5, 5.41) is 16.2. The van der Waals surface area contributed by atoms with Gasteiger partial charge in [-0.3, -0.25) is 24.3 Å². The molecule has 1 aliphatic rings. The maximum absolute atomic E-state index is 13.0. The van der Waals surface area contributed by atoms with E-state index in [4.69, 9.17) is 0 Å². The number of nitrogens with one attached hydrogen (secondary N) is 1. The molecule has 28 heavy (non-hydrogen) atoms. The fourth-order valence-corrected chi connectivity index (χ4v) is 4.48. The quantitative estimate of drug-likeness (QED) is 0.525. The standard InChI is InChI=1S/C19H18N4O4S/c24-16(21-13-5-1-2-6-13)9-22-11-20-18-17(19(22)25)15(10-28-18)12-4-3-7-14(8-12)23(26)27/h3-4,7-8,10-11,13H,1-2,5-6,9H2,(H,21,24). The van der Waals surface area contributed by atoms with Crippen LogP contribution in [0.15, 0.2) is 40.8 Å². The minimum atomic E-state index is -0.470. The van der Waals surface area contributed by atoms with Crippen molar-refractivity contribution in [3.63, 3.8) is 0 Å². The van der Waals surface area contributed by atoms with E-state index in [0.29, 0.717) is 21.3 Å². The van der Waals surface area contributed by atoms with Crippen LogP contribution in [0, 0.1) is 10.1 Å². The number of nitrogens with zero attached hydrogens (tertiary/aromatic N) is 3. The zero-order chi connectivity index (χ0) is 19.7. The third-order valence-electron chi connectivity index (χ3n) is 4.96. The van der Waals surface area contributed by atoms with E-state index in [1.54, 1.807) is 17.5 Å². The number of fused-ring (bicyclic) bond motifs is 1. The highest BCUT2D eigenvalue weighted by molar-refractivity contribution is 7.17. The van der Waals surface area contributed by atoms with E-state index in [2.05, 4.69) is 10.3 Å². The molecule has 144 valence electrons. The van der Waals surface area contributed by atoms with Crippen LogP contribution in [0.4, 0.5) is 5.69 Å². The number of nitro groups is 1. The molecular weight excluding hydrogens is 380 g/mol. The summed E-state index contributed by atoms with van der Waals surface area (Å²) in [6, 6.07) is 6.33. The van der Waals surface area contributed by atoms with Crippen LogP contribution >= 0.6 is 11.3 Å². The number of aromatic nitrogens is 2. The summed E-state index contributed by atoms with van der Waals surface area (Å²) in [5.41, 5.74) is 0.797. The molecule has 0 spiro atoms. The molecule has 0 unspecified atom stereocenters. The van der Waals surface area contributed by atoms with Gasteiger partial charge in [0.05, 0.1) is 16.6 Å². The Morgan fingerprint density at radius 2 is 2.14 bits per heavy atom. The van der Waals surface area contributed by atoms with Gasteiger partial charge in [0.15, 0.2) is 0 Å². The van der Waals surface area contributed by atoms with Crippen LogP contribution in [-0.4, -0.2) is 26.4 Å². The SMILES string of the molecule is O=C(Cn1cnc2scc(-c3cccc([N+](=O)[O-])c3)c2c1=O)NC1CCCC1. The van der Waals surface area contributed by atoms with Gasteiger partial charge in [0.1, 0.15) is 11.4 Å². The molecular formula is C19H18N4O4S. The van der Waals surface area contributed by atoms with Crippen LogP contribution in [-0.2, 0) is 11.3 Å². The molecule has 2 aromatic heterocycles. The second-order valence-corrected chi connectivity index (χ2v) is 7.72. The minimum Gasteiger partial charge on any atom is -0.352 e. The first kappa shape index (κ1) is 18.3.